The molecule has 0 aliphatic carbocycles. The molecule has 0 bridgehead atoms. The summed E-state index contributed by atoms with van der Waals surface area (Å²) in [5.74, 6) is 0. The van der Waals surface area contributed by atoms with E-state index in [4.69, 9.17) is 23.2 Å². The summed E-state index contributed by atoms with van der Waals surface area (Å²) in [7, 11) is 0. The minimum Gasteiger partial charge on any atom is -0.0909 e. The van der Waals surface area contributed by atoms with Crippen LogP contribution in [0.15, 0.2) is 60.7 Å². The molecule has 2 aromatic carbocycles. The highest BCUT2D eigenvalue weighted by Crippen LogP contribution is 2.40. The third-order valence-corrected chi connectivity index (χ3v) is 3.15. The Balaban J connectivity index is 2.44. The molecule has 0 saturated carbocycles. The minimum absolute atomic E-state index is 0.888. The third-order valence-electron chi connectivity index (χ3n) is 2.27. The van der Waals surface area contributed by atoms with Crippen LogP contribution in [0.25, 0.3) is 0 Å². The molecule has 0 aliphatic rings. The van der Waals surface area contributed by atoms with Crippen LogP contribution in [-0.4, -0.2) is 0 Å². The zero-order valence-corrected chi connectivity index (χ0v) is 9.54. The second-order valence-corrected chi connectivity index (χ2v) is 4.63. The van der Waals surface area contributed by atoms with Crippen molar-refractivity contribution >= 4 is 23.2 Å². The average molecular weight is 237 g/mol. The van der Waals surface area contributed by atoms with E-state index in [1.807, 2.05) is 60.7 Å². The maximum absolute atomic E-state index is 6.35. The van der Waals surface area contributed by atoms with Crippen molar-refractivity contribution in [1.82, 2.24) is 0 Å². The first kappa shape index (κ1) is 10.5. The second kappa shape index (κ2) is 4.26. The van der Waals surface area contributed by atoms with Gasteiger partial charge in [-0.1, -0.05) is 83.9 Å². The highest BCUT2D eigenvalue weighted by atomic mass is 35.5. The van der Waals surface area contributed by atoms with Crippen molar-refractivity contribution in [3.05, 3.63) is 71.8 Å². The van der Waals surface area contributed by atoms with Crippen molar-refractivity contribution in [3.8, 4) is 0 Å². The Labute approximate surface area is 99.5 Å². The van der Waals surface area contributed by atoms with Gasteiger partial charge < -0.3 is 0 Å². The van der Waals surface area contributed by atoms with Gasteiger partial charge in [0.15, 0.2) is 4.33 Å². The fraction of sp³-hybridized carbons (Fsp3) is 0.0769. The molecule has 0 unspecified atom stereocenters. The lowest BCUT2D eigenvalue weighted by atomic mass is 10.0. The van der Waals surface area contributed by atoms with E-state index >= 15 is 0 Å². The summed E-state index contributed by atoms with van der Waals surface area (Å²) in [6.45, 7) is 0. The quantitative estimate of drug-likeness (QED) is 0.680. The normalized spacial score (nSPS) is 11.3. The van der Waals surface area contributed by atoms with Crippen molar-refractivity contribution in [2.24, 2.45) is 0 Å². The van der Waals surface area contributed by atoms with Crippen molar-refractivity contribution in [2.75, 3.05) is 0 Å². The number of halogens is 2. The Morgan fingerprint density at radius 2 is 0.933 bits per heavy atom. The van der Waals surface area contributed by atoms with Gasteiger partial charge in [0.05, 0.1) is 0 Å². The van der Waals surface area contributed by atoms with Crippen LogP contribution in [0.1, 0.15) is 11.1 Å². The summed E-state index contributed by atoms with van der Waals surface area (Å²) in [6, 6.07) is 19.3. The predicted octanol–water partition coefficient (Wildman–Crippen LogP) is 4.37. The molecule has 0 aliphatic heterocycles. The zero-order chi connectivity index (χ0) is 10.7. The summed E-state index contributed by atoms with van der Waals surface area (Å²) in [6.07, 6.45) is 0. The second-order valence-electron chi connectivity index (χ2n) is 3.31. The van der Waals surface area contributed by atoms with Crippen LogP contribution in [0.5, 0.6) is 0 Å². The van der Waals surface area contributed by atoms with Gasteiger partial charge >= 0.3 is 0 Å². The fourth-order valence-electron chi connectivity index (χ4n) is 1.46. The van der Waals surface area contributed by atoms with Gasteiger partial charge in [0.25, 0.3) is 0 Å². The van der Waals surface area contributed by atoms with Gasteiger partial charge in [-0.25, -0.2) is 0 Å². The van der Waals surface area contributed by atoms with Crippen LogP contribution < -0.4 is 0 Å². The van der Waals surface area contributed by atoms with Gasteiger partial charge in [0, 0.05) is 0 Å². The summed E-state index contributed by atoms with van der Waals surface area (Å²) >= 11 is 12.7. The van der Waals surface area contributed by atoms with Gasteiger partial charge in [0.1, 0.15) is 0 Å². The van der Waals surface area contributed by atoms with E-state index in [9.17, 15) is 0 Å². The lowest BCUT2D eigenvalue weighted by molar-refractivity contribution is 1.04. The van der Waals surface area contributed by atoms with Crippen LogP contribution in [0.2, 0.25) is 0 Å². The Morgan fingerprint density at radius 3 is 1.27 bits per heavy atom. The molecule has 0 aromatic heterocycles. The van der Waals surface area contributed by atoms with E-state index in [-0.39, 0.29) is 0 Å². The summed E-state index contributed by atoms with van der Waals surface area (Å²) in [5, 5.41) is 0. The van der Waals surface area contributed by atoms with Gasteiger partial charge in [-0.05, 0) is 11.1 Å². The highest BCUT2D eigenvalue weighted by Gasteiger charge is 2.28. The summed E-state index contributed by atoms with van der Waals surface area (Å²) in [5.41, 5.74) is 1.78. The van der Waals surface area contributed by atoms with Gasteiger partial charge in [0.2, 0.25) is 0 Å². The molecule has 76 valence electrons. The highest BCUT2D eigenvalue weighted by molar-refractivity contribution is 6.50. The number of benzene rings is 2. The average Bonchev–Trinajstić information content (AvgIpc) is 2.31. The van der Waals surface area contributed by atoms with E-state index < -0.39 is 4.33 Å². The molecule has 0 amide bonds. The maximum Gasteiger partial charge on any atom is 0.168 e. The van der Waals surface area contributed by atoms with Crippen molar-refractivity contribution in [1.29, 1.82) is 0 Å². The van der Waals surface area contributed by atoms with Crippen molar-refractivity contribution < 1.29 is 0 Å². The summed E-state index contributed by atoms with van der Waals surface area (Å²) in [4.78, 5) is 0. The molecular weight excluding hydrogens is 227 g/mol. The molecule has 2 rings (SSSR count). The molecule has 0 N–H and O–H groups in total. The number of alkyl halides is 2. The van der Waals surface area contributed by atoms with E-state index in [1.54, 1.807) is 0 Å². The fourth-order valence-corrected chi connectivity index (χ4v) is 1.97. The lowest BCUT2D eigenvalue weighted by Gasteiger charge is -2.20. The smallest absolute Gasteiger partial charge is 0.0909 e. The van der Waals surface area contributed by atoms with Gasteiger partial charge in [-0.2, -0.15) is 0 Å². The minimum atomic E-state index is -0.970. The predicted molar refractivity (Wildman–Crippen MR) is 65.4 cm³/mol. The zero-order valence-electron chi connectivity index (χ0n) is 8.03. The third kappa shape index (κ3) is 2.17. The van der Waals surface area contributed by atoms with E-state index in [1.165, 1.54) is 0 Å². The number of hydrogen-bond donors (Lipinski definition) is 0. The Bertz CT molecular complexity index is 379. The standard InChI is InChI=1S/C13H10Cl2/c14-13(15,11-7-3-1-4-8-11)12-9-5-2-6-10-12/h1-10H. The van der Waals surface area contributed by atoms with Crippen LogP contribution in [0.4, 0.5) is 0 Å². The van der Waals surface area contributed by atoms with Crippen molar-refractivity contribution in [2.45, 2.75) is 4.33 Å². The van der Waals surface area contributed by atoms with Gasteiger partial charge in [-0.3, -0.25) is 0 Å². The Hall–Kier alpha value is -0.980. The summed E-state index contributed by atoms with van der Waals surface area (Å²) < 4.78 is -0.970. The topological polar surface area (TPSA) is 0 Å². The first-order valence-corrected chi connectivity index (χ1v) is 5.46. The Kier molecular flexibility index (Phi) is 2.99. The Morgan fingerprint density at radius 1 is 0.600 bits per heavy atom. The van der Waals surface area contributed by atoms with Crippen LogP contribution in [0.3, 0.4) is 0 Å². The number of rotatable bonds is 2. The van der Waals surface area contributed by atoms with Crippen LogP contribution in [-0.2, 0) is 4.33 Å². The SMILES string of the molecule is ClC(Cl)(c1ccccc1)c1ccccc1. The van der Waals surface area contributed by atoms with Crippen molar-refractivity contribution in [3.63, 3.8) is 0 Å². The molecule has 0 radical (unpaired) electrons. The van der Waals surface area contributed by atoms with E-state index in [0.717, 1.165) is 11.1 Å². The molecule has 0 spiro atoms. The molecule has 0 fully saturated rings. The molecular formula is C13H10Cl2. The van der Waals surface area contributed by atoms with E-state index in [2.05, 4.69) is 0 Å². The molecule has 2 aromatic rings. The molecule has 0 nitrogen and oxygen atoms in total. The van der Waals surface area contributed by atoms with Crippen LogP contribution >= 0.6 is 23.2 Å². The maximum atomic E-state index is 6.35. The first-order valence-electron chi connectivity index (χ1n) is 4.70. The van der Waals surface area contributed by atoms with E-state index in [0.29, 0.717) is 0 Å². The monoisotopic (exact) mass is 236 g/mol. The largest absolute Gasteiger partial charge is 0.168 e. The van der Waals surface area contributed by atoms with Gasteiger partial charge in [-0.15, -0.1) is 0 Å². The van der Waals surface area contributed by atoms with Crippen LogP contribution in [0, 0.1) is 0 Å². The molecule has 2 heteroatoms. The molecule has 0 heterocycles. The first-order chi connectivity index (χ1) is 7.21. The molecule has 0 atom stereocenters. The lowest BCUT2D eigenvalue weighted by Crippen LogP contribution is -2.11. The number of hydrogen-bond acceptors (Lipinski definition) is 0. The molecule has 0 saturated heterocycles. The molecule has 15 heavy (non-hydrogen) atoms.